The van der Waals surface area contributed by atoms with E-state index in [1.165, 1.54) is 0 Å². The largest absolute Gasteiger partial charge is 0.356 e. The first kappa shape index (κ1) is 12.6. The van der Waals surface area contributed by atoms with Crippen molar-refractivity contribution in [2.75, 3.05) is 11.9 Å². The van der Waals surface area contributed by atoms with E-state index < -0.39 is 0 Å². The molecule has 96 valence electrons. The molecule has 2 rings (SSSR count). The molecule has 1 unspecified atom stereocenters. The number of benzene rings is 1. The van der Waals surface area contributed by atoms with Gasteiger partial charge in [0, 0.05) is 24.6 Å². The summed E-state index contributed by atoms with van der Waals surface area (Å²) in [5, 5.41) is 5.62. The number of anilines is 1. The van der Waals surface area contributed by atoms with Crippen LogP contribution >= 0.6 is 0 Å². The van der Waals surface area contributed by atoms with Crippen LogP contribution in [0.25, 0.3) is 0 Å². The molecule has 0 spiro atoms. The Morgan fingerprint density at radius 1 is 1.28 bits per heavy atom. The van der Waals surface area contributed by atoms with E-state index in [1.807, 2.05) is 26.0 Å². The van der Waals surface area contributed by atoms with E-state index in [1.54, 1.807) is 0 Å². The molecule has 1 aliphatic rings. The van der Waals surface area contributed by atoms with Crippen LogP contribution in [-0.2, 0) is 9.59 Å². The van der Waals surface area contributed by atoms with Crippen LogP contribution in [0.4, 0.5) is 5.69 Å². The zero-order valence-electron chi connectivity index (χ0n) is 10.7. The summed E-state index contributed by atoms with van der Waals surface area (Å²) in [5.41, 5.74) is 3.04. The fraction of sp³-hybridized carbons (Fsp3) is 0.429. The number of rotatable bonds is 2. The highest BCUT2D eigenvalue weighted by molar-refractivity contribution is 5.95. The monoisotopic (exact) mass is 246 g/mol. The maximum absolute atomic E-state index is 12.0. The number of carbonyl (C=O) groups is 2. The Morgan fingerprint density at radius 3 is 2.56 bits per heavy atom. The number of carbonyl (C=O) groups excluding carboxylic acids is 2. The number of hydrogen-bond donors (Lipinski definition) is 2. The Morgan fingerprint density at radius 2 is 1.94 bits per heavy atom. The molecule has 1 aromatic carbocycles. The highest BCUT2D eigenvalue weighted by Gasteiger charge is 2.25. The lowest BCUT2D eigenvalue weighted by atomic mass is 9.96. The smallest absolute Gasteiger partial charge is 0.228 e. The fourth-order valence-electron chi connectivity index (χ4n) is 2.30. The number of nitrogens with one attached hydrogen (secondary N) is 2. The van der Waals surface area contributed by atoms with Gasteiger partial charge < -0.3 is 10.6 Å². The summed E-state index contributed by atoms with van der Waals surface area (Å²) in [4.78, 5) is 23.3. The van der Waals surface area contributed by atoms with Gasteiger partial charge >= 0.3 is 0 Å². The van der Waals surface area contributed by atoms with Gasteiger partial charge in [-0.05, 0) is 43.5 Å². The quantitative estimate of drug-likeness (QED) is 0.835. The molecular formula is C14H18N2O2. The fourth-order valence-corrected chi connectivity index (χ4v) is 2.30. The van der Waals surface area contributed by atoms with Gasteiger partial charge in [0.2, 0.25) is 11.8 Å². The van der Waals surface area contributed by atoms with Gasteiger partial charge in [0.05, 0.1) is 0 Å². The van der Waals surface area contributed by atoms with E-state index in [0.29, 0.717) is 13.0 Å². The Hall–Kier alpha value is -1.84. The minimum Gasteiger partial charge on any atom is -0.356 e. The maximum Gasteiger partial charge on any atom is 0.228 e. The van der Waals surface area contributed by atoms with E-state index in [-0.39, 0.29) is 24.2 Å². The minimum absolute atomic E-state index is 0.0400. The molecule has 1 atom stereocenters. The van der Waals surface area contributed by atoms with Crippen LogP contribution < -0.4 is 10.6 Å². The van der Waals surface area contributed by atoms with Gasteiger partial charge in [-0.2, -0.15) is 0 Å². The number of hydrogen-bond acceptors (Lipinski definition) is 2. The second-order valence-electron chi connectivity index (χ2n) is 4.91. The van der Waals surface area contributed by atoms with Crippen molar-refractivity contribution in [2.24, 2.45) is 5.92 Å². The molecule has 18 heavy (non-hydrogen) atoms. The first-order valence-electron chi connectivity index (χ1n) is 6.20. The number of aryl methyl sites for hydroxylation is 2. The Labute approximate surface area is 107 Å². The molecule has 1 heterocycles. The van der Waals surface area contributed by atoms with Crippen LogP contribution in [0.1, 0.15) is 24.0 Å². The average molecular weight is 246 g/mol. The lowest BCUT2D eigenvalue weighted by Crippen LogP contribution is -2.38. The van der Waals surface area contributed by atoms with Crippen LogP contribution in [0.2, 0.25) is 0 Å². The number of piperidine rings is 1. The van der Waals surface area contributed by atoms with E-state index >= 15 is 0 Å². The maximum atomic E-state index is 12.0. The predicted molar refractivity (Wildman–Crippen MR) is 70.3 cm³/mol. The summed E-state index contributed by atoms with van der Waals surface area (Å²) in [5.74, 6) is -0.309. The van der Waals surface area contributed by atoms with Crippen molar-refractivity contribution in [1.29, 1.82) is 0 Å². The van der Waals surface area contributed by atoms with Gasteiger partial charge in [0.15, 0.2) is 0 Å². The average Bonchev–Trinajstić information content (AvgIpc) is 2.27. The van der Waals surface area contributed by atoms with Gasteiger partial charge in [0.1, 0.15) is 0 Å². The summed E-state index contributed by atoms with van der Waals surface area (Å²) in [6.07, 6.45) is 0.999. The number of amides is 2. The van der Waals surface area contributed by atoms with Crippen LogP contribution in [0.15, 0.2) is 18.2 Å². The van der Waals surface area contributed by atoms with E-state index in [0.717, 1.165) is 16.8 Å². The van der Waals surface area contributed by atoms with Gasteiger partial charge in [0.25, 0.3) is 0 Å². The third kappa shape index (κ3) is 3.09. The van der Waals surface area contributed by atoms with Gasteiger partial charge in [-0.25, -0.2) is 0 Å². The molecule has 0 saturated carbocycles. The van der Waals surface area contributed by atoms with Crippen molar-refractivity contribution in [3.05, 3.63) is 29.3 Å². The molecule has 0 radical (unpaired) electrons. The van der Waals surface area contributed by atoms with E-state index in [9.17, 15) is 9.59 Å². The summed E-state index contributed by atoms with van der Waals surface area (Å²) in [6, 6.07) is 5.94. The van der Waals surface area contributed by atoms with Crippen molar-refractivity contribution in [3.8, 4) is 0 Å². The molecule has 2 N–H and O–H groups in total. The van der Waals surface area contributed by atoms with Crippen molar-refractivity contribution >= 4 is 17.5 Å². The topological polar surface area (TPSA) is 58.2 Å². The third-order valence-electron chi connectivity index (χ3n) is 3.11. The summed E-state index contributed by atoms with van der Waals surface area (Å²) in [7, 11) is 0. The van der Waals surface area contributed by atoms with Crippen LogP contribution in [0, 0.1) is 19.8 Å². The normalized spacial score (nSPS) is 19.2. The van der Waals surface area contributed by atoms with Crippen LogP contribution in [0.3, 0.4) is 0 Å². The van der Waals surface area contributed by atoms with Gasteiger partial charge in [-0.3, -0.25) is 9.59 Å². The zero-order valence-corrected chi connectivity index (χ0v) is 10.7. The molecule has 0 aromatic heterocycles. The zero-order chi connectivity index (χ0) is 13.1. The second-order valence-corrected chi connectivity index (χ2v) is 4.91. The minimum atomic E-state index is -0.209. The highest BCUT2D eigenvalue weighted by atomic mass is 16.2. The Bertz CT molecular complexity index is 462. The second kappa shape index (κ2) is 5.21. The summed E-state index contributed by atoms with van der Waals surface area (Å²) in [6.45, 7) is 4.58. The Balaban J connectivity index is 2.04. The van der Waals surface area contributed by atoms with E-state index in [4.69, 9.17) is 0 Å². The molecular weight excluding hydrogens is 228 g/mol. The predicted octanol–water partition coefficient (Wildman–Crippen LogP) is 1.77. The molecule has 0 aliphatic carbocycles. The molecule has 0 bridgehead atoms. The molecule has 1 aromatic rings. The van der Waals surface area contributed by atoms with Crippen molar-refractivity contribution in [3.63, 3.8) is 0 Å². The molecule has 1 aliphatic heterocycles. The summed E-state index contributed by atoms with van der Waals surface area (Å²) < 4.78 is 0. The molecule has 2 amide bonds. The molecule has 4 nitrogen and oxygen atoms in total. The van der Waals surface area contributed by atoms with Crippen LogP contribution in [-0.4, -0.2) is 18.4 Å². The van der Waals surface area contributed by atoms with Gasteiger partial charge in [-0.15, -0.1) is 0 Å². The SMILES string of the molecule is Cc1cc(C)cc(NC(=O)C2CCNC(=O)C2)c1. The molecule has 1 fully saturated rings. The highest BCUT2D eigenvalue weighted by Crippen LogP contribution is 2.18. The summed E-state index contributed by atoms with van der Waals surface area (Å²) >= 11 is 0. The van der Waals surface area contributed by atoms with Crippen molar-refractivity contribution < 1.29 is 9.59 Å². The van der Waals surface area contributed by atoms with Crippen LogP contribution in [0.5, 0.6) is 0 Å². The van der Waals surface area contributed by atoms with Gasteiger partial charge in [-0.1, -0.05) is 6.07 Å². The van der Waals surface area contributed by atoms with E-state index in [2.05, 4.69) is 16.7 Å². The molecule has 1 saturated heterocycles. The third-order valence-corrected chi connectivity index (χ3v) is 3.11. The first-order chi connectivity index (χ1) is 8.54. The first-order valence-corrected chi connectivity index (χ1v) is 6.20. The van der Waals surface area contributed by atoms with Crippen molar-refractivity contribution in [2.45, 2.75) is 26.7 Å². The standard InChI is InChI=1S/C14H18N2O2/c1-9-5-10(2)7-12(6-9)16-14(18)11-3-4-15-13(17)8-11/h5-7,11H,3-4,8H2,1-2H3,(H,15,17)(H,16,18). The lowest BCUT2D eigenvalue weighted by Gasteiger charge is -2.21. The lowest BCUT2D eigenvalue weighted by molar-refractivity contribution is -0.129. The van der Waals surface area contributed by atoms with Crippen molar-refractivity contribution in [1.82, 2.24) is 5.32 Å². The Kier molecular flexibility index (Phi) is 3.65. The molecule has 4 heteroatoms.